The van der Waals surface area contributed by atoms with E-state index < -0.39 is 11.6 Å². The third kappa shape index (κ3) is 2.42. The lowest BCUT2D eigenvalue weighted by Gasteiger charge is -2.04. The van der Waals surface area contributed by atoms with E-state index in [-0.39, 0.29) is 0 Å². The number of hydrogen-bond donors (Lipinski definition) is 1. The number of nitrogens with two attached hydrogens (primary N) is 1. The number of hydrogen-bond acceptors (Lipinski definition) is 1. The van der Waals surface area contributed by atoms with Crippen molar-refractivity contribution in [2.75, 3.05) is 5.73 Å². The summed E-state index contributed by atoms with van der Waals surface area (Å²) in [4.78, 5) is 0. The molecule has 0 bridgehead atoms. The van der Waals surface area contributed by atoms with Gasteiger partial charge in [0.2, 0.25) is 0 Å². The van der Waals surface area contributed by atoms with Crippen LogP contribution in [0.2, 0.25) is 0 Å². The van der Waals surface area contributed by atoms with Crippen molar-refractivity contribution < 1.29 is 8.78 Å². The lowest BCUT2D eigenvalue weighted by molar-refractivity contribution is 0.627. The SMILES string of the molecule is C=C(F)/C=C\c1c(C)cc(F)cc1N. The van der Waals surface area contributed by atoms with Crippen LogP contribution in [0.5, 0.6) is 0 Å². The molecule has 0 aromatic heterocycles. The Labute approximate surface area is 81.5 Å². The summed E-state index contributed by atoms with van der Waals surface area (Å²) in [6, 6.07) is 2.55. The van der Waals surface area contributed by atoms with Crippen LogP contribution in [-0.4, -0.2) is 0 Å². The average Bonchev–Trinajstić information content (AvgIpc) is 2.01. The third-order valence-corrected chi connectivity index (χ3v) is 1.81. The van der Waals surface area contributed by atoms with Crippen LogP contribution in [0.15, 0.2) is 30.6 Å². The Morgan fingerprint density at radius 2 is 2.14 bits per heavy atom. The highest BCUT2D eigenvalue weighted by Crippen LogP contribution is 2.20. The molecule has 0 saturated carbocycles. The van der Waals surface area contributed by atoms with E-state index >= 15 is 0 Å². The Morgan fingerprint density at radius 1 is 1.50 bits per heavy atom. The second-order valence-corrected chi connectivity index (χ2v) is 3.01. The zero-order chi connectivity index (χ0) is 10.7. The average molecular weight is 195 g/mol. The van der Waals surface area contributed by atoms with Gasteiger partial charge in [-0.1, -0.05) is 6.58 Å². The first-order valence-corrected chi connectivity index (χ1v) is 4.09. The number of anilines is 1. The summed E-state index contributed by atoms with van der Waals surface area (Å²) in [7, 11) is 0. The molecule has 1 rings (SSSR count). The molecular weight excluding hydrogens is 184 g/mol. The Hall–Kier alpha value is -1.64. The minimum absolute atomic E-state index is 0.292. The molecule has 0 radical (unpaired) electrons. The van der Waals surface area contributed by atoms with Crippen LogP contribution in [0.1, 0.15) is 11.1 Å². The molecule has 0 unspecified atom stereocenters. The molecule has 74 valence electrons. The molecule has 0 fully saturated rings. The maximum atomic E-state index is 12.8. The van der Waals surface area contributed by atoms with E-state index in [0.29, 0.717) is 16.8 Å². The van der Waals surface area contributed by atoms with E-state index in [1.165, 1.54) is 24.3 Å². The van der Waals surface area contributed by atoms with Gasteiger partial charge in [0.1, 0.15) is 11.6 Å². The second kappa shape index (κ2) is 4.05. The molecule has 3 heteroatoms. The minimum Gasteiger partial charge on any atom is -0.398 e. The predicted molar refractivity (Wildman–Crippen MR) is 54.8 cm³/mol. The smallest absolute Gasteiger partial charge is 0.125 e. The van der Waals surface area contributed by atoms with Crippen LogP contribution in [0.25, 0.3) is 6.08 Å². The van der Waals surface area contributed by atoms with Crippen LogP contribution in [0.3, 0.4) is 0 Å². The molecule has 0 aliphatic heterocycles. The van der Waals surface area contributed by atoms with Crippen molar-refractivity contribution in [2.45, 2.75) is 6.92 Å². The number of allylic oxidation sites excluding steroid dienone is 2. The van der Waals surface area contributed by atoms with Gasteiger partial charge in [-0.05, 0) is 36.8 Å². The monoisotopic (exact) mass is 195 g/mol. The molecule has 1 aromatic rings. The Morgan fingerprint density at radius 3 is 2.64 bits per heavy atom. The zero-order valence-electron chi connectivity index (χ0n) is 7.85. The van der Waals surface area contributed by atoms with Crippen molar-refractivity contribution in [3.63, 3.8) is 0 Å². The van der Waals surface area contributed by atoms with Gasteiger partial charge in [0.05, 0.1) is 0 Å². The van der Waals surface area contributed by atoms with Crippen molar-refractivity contribution in [1.82, 2.24) is 0 Å². The van der Waals surface area contributed by atoms with Crippen molar-refractivity contribution in [2.24, 2.45) is 0 Å². The highest BCUT2D eigenvalue weighted by molar-refractivity contribution is 5.68. The molecule has 1 nitrogen and oxygen atoms in total. The number of benzene rings is 1. The summed E-state index contributed by atoms with van der Waals surface area (Å²) in [6.45, 7) is 4.79. The lowest BCUT2D eigenvalue weighted by Crippen LogP contribution is -1.94. The number of halogens is 2. The van der Waals surface area contributed by atoms with E-state index in [1.807, 2.05) is 0 Å². The van der Waals surface area contributed by atoms with Gasteiger partial charge < -0.3 is 5.73 Å². The quantitative estimate of drug-likeness (QED) is 0.569. The fraction of sp³-hybridized carbons (Fsp3) is 0.0909. The summed E-state index contributed by atoms with van der Waals surface area (Å²) in [6.07, 6.45) is 2.67. The van der Waals surface area contributed by atoms with Gasteiger partial charge in [0.25, 0.3) is 0 Å². The lowest BCUT2D eigenvalue weighted by atomic mass is 10.1. The first kappa shape index (κ1) is 10.4. The van der Waals surface area contributed by atoms with E-state index in [4.69, 9.17) is 5.73 Å². The summed E-state index contributed by atoms with van der Waals surface area (Å²) in [5.41, 5.74) is 7.14. The Kier molecular flexibility index (Phi) is 3.02. The second-order valence-electron chi connectivity index (χ2n) is 3.01. The van der Waals surface area contributed by atoms with Gasteiger partial charge in [-0.3, -0.25) is 0 Å². The Bertz CT molecular complexity index is 371. The molecule has 14 heavy (non-hydrogen) atoms. The molecule has 0 saturated heterocycles. The Balaban J connectivity index is 3.15. The molecule has 0 aliphatic rings. The van der Waals surface area contributed by atoms with Crippen LogP contribution in [0, 0.1) is 12.7 Å². The van der Waals surface area contributed by atoms with Crippen molar-refractivity contribution >= 4 is 11.8 Å². The molecule has 0 atom stereocenters. The third-order valence-electron chi connectivity index (χ3n) is 1.81. The van der Waals surface area contributed by atoms with Gasteiger partial charge in [-0.15, -0.1) is 0 Å². The van der Waals surface area contributed by atoms with Crippen LogP contribution < -0.4 is 5.73 Å². The first-order valence-electron chi connectivity index (χ1n) is 4.09. The highest BCUT2D eigenvalue weighted by atomic mass is 19.1. The zero-order valence-corrected chi connectivity index (χ0v) is 7.85. The maximum absolute atomic E-state index is 12.8. The molecule has 1 aromatic carbocycles. The summed E-state index contributed by atoms with van der Waals surface area (Å²) in [5.74, 6) is -0.954. The van der Waals surface area contributed by atoms with Crippen LogP contribution in [-0.2, 0) is 0 Å². The number of aryl methyl sites for hydroxylation is 1. The summed E-state index contributed by atoms with van der Waals surface area (Å²) < 4.78 is 25.1. The van der Waals surface area contributed by atoms with Crippen LogP contribution in [0.4, 0.5) is 14.5 Å². The molecule has 0 aliphatic carbocycles. The largest absolute Gasteiger partial charge is 0.398 e. The molecule has 2 N–H and O–H groups in total. The van der Waals surface area contributed by atoms with Crippen molar-refractivity contribution in [1.29, 1.82) is 0 Å². The van der Waals surface area contributed by atoms with Gasteiger partial charge in [0, 0.05) is 11.3 Å². The van der Waals surface area contributed by atoms with Gasteiger partial charge >= 0.3 is 0 Å². The normalized spacial score (nSPS) is 10.8. The molecule has 0 heterocycles. The number of nitrogen functional groups attached to an aromatic ring is 1. The fourth-order valence-electron chi connectivity index (χ4n) is 1.18. The summed E-state index contributed by atoms with van der Waals surface area (Å²) >= 11 is 0. The van der Waals surface area contributed by atoms with E-state index in [2.05, 4.69) is 6.58 Å². The summed E-state index contributed by atoms with van der Waals surface area (Å²) in [5, 5.41) is 0. The van der Waals surface area contributed by atoms with Gasteiger partial charge in [-0.2, -0.15) is 0 Å². The van der Waals surface area contributed by atoms with E-state index in [0.717, 1.165) is 0 Å². The van der Waals surface area contributed by atoms with Gasteiger partial charge in [-0.25, -0.2) is 8.78 Å². The molecule has 0 amide bonds. The fourth-order valence-corrected chi connectivity index (χ4v) is 1.18. The van der Waals surface area contributed by atoms with Crippen molar-refractivity contribution in [3.05, 3.63) is 47.6 Å². The number of rotatable bonds is 2. The van der Waals surface area contributed by atoms with Gasteiger partial charge in [0.15, 0.2) is 0 Å². The van der Waals surface area contributed by atoms with E-state index in [9.17, 15) is 8.78 Å². The van der Waals surface area contributed by atoms with Crippen molar-refractivity contribution in [3.8, 4) is 0 Å². The van der Waals surface area contributed by atoms with E-state index in [1.54, 1.807) is 6.92 Å². The van der Waals surface area contributed by atoms with Crippen LogP contribution >= 0.6 is 0 Å². The minimum atomic E-state index is -0.562. The first-order chi connectivity index (χ1) is 6.50. The molecule has 0 spiro atoms. The topological polar surface area (TPSA) is 26.0 Å². The molecular formula is C11H11F2N. The standard InChI is InChI=1S/C11H11F2N/c1-7-5-9(13)6-11(14)10(7)4-3-8(2)12/h3-6H,2,14H2,1H3/b4-3-. The highest BCUT2D eigenvalue weighted by Gasteiger charge is 2.02. The predicted octanol–water partition coefficient (Wildman–Crippen LogP) is 3.21. The maximum Gasteiger partial charge on any atom is 0.125 e.